The number of pyridine rings is 1. The average Bonchev–Trinajstić information content (AvgIpc) is 2.80. The lowest BCUT2D eigenvalue weighted by atomic mass is 9.84. The Hall–Kier alpha value is -3.09. The fourth-order valence-electron chi connectivity index (χ4n) is 4.36. The van der Waals surface area contributed by atoms with Crippen molar-refractivity contribution in [1.82, 2.24) is 4.98 Å². The second-order valence-electron chi connectivity index (χ2n) is 7.69. The number of thioether (sulfide) groups is 1. The first kappa shape index (κ1) is 21.2. The van der Waals surface area contributed by atoms with Gasteiger partial charge in [0.2, 0.25) is 0 Å². The van der Waals surface area contributed by atoms with Crippen molar-refractivity contribution in [3.8, 4) is 12.1 Å². The summed E-state index contributed by atoms with van der Waals surface area (Å²) in [5.74, 6) is -0.596. The average molecular weight is 430 g/mol. The minimum Gasteiger partial charge on any atom is -0.462 e. The van der Waals surface area contributed by atoms with Crippen molar-refractivity contribution in [2.45, 2.75) is 55.7 Å². The van der Waals surface area contributed by atoms with E-state index in [-0.39, 0.29) is 17.4 Å². The summed E-state index contributed by atoms with van der Waals surface area (Å²) < 4.78 is 5.18. The predicted octanol–water partition coefficient (Wildman–Crippen LogP) is 4.78. The summed E-state index contributed by atoms with van der Waals surface area (Å²) in [5.41, 5.74) is 5.57. The van der Waals surface area contributed by atoms with E-state index in [1.54, 1.807) is 6.92 Å². The van der Waals surface area contributed by atoms with Crippen molar-refractivity contribution in [3.05, 3.63) is 63.9 Å². The molecule has 6 heteroatoms. The molecule has 2 aliphatic carbocycles. The van der Waals surface area contributed by atoms with Crippen LogP contribution in [0.2, 0.25) is 0 Å². The summed E-state index contributed by atoms with van der Waals surface area (Å²) >= 11 is 1.49. The molecule has 2 aliphatic rings. The Morgan fingerprint density at radius 1 is 1.19 bits per heavy atom. The molecule has 0 spiro atoms. The van der Waals surface area contributed by atoms with Crippen LogP contribution < -0.4 is 0 Å². The predicted molar refractivity (Wildman–Crippen MR) is 119 cm³/mol. The number of nitriles is 2. The zero-order chi connectivity index (χ0) is 21.8. The molecule has 0 amide bonds. The first-order valence-electron chi connectivity index (χ1n) is 10.7. The molecular weight excluding hydrogens is 406 g/mol. The first-order chi connectivity index (χ1) is 15.2. The van der Waals surface area contributed by atoms with Crippen LogP contribution in [-0.2, 0) is 28.8 Å². The standard InChI is InChI=1S/C25H23N3O2S/c1-2-30-25(29)20(15-27)23-19-9-5-3-7-16(19)11-12-22(23)31-24-18(14-26)13-17-8-4-6-10-21(17)28-24/h3,5,7,9,13,22H,2,4,6,8,10-12H2,1H3. The molecule has 1 heterocycles. The van der Waals surface area contributed by atoms with Gasteiger partial charge in [-0.3, -0.25) is 0 Å². The summed E-state index contributed by atoms with van der Waals surface area (Å²) in [6.07, 6.45) is 5.72. The molecule has 31 heavy (non-hydrogen) atoms. The molecule has 156 valence electrons. The van der Waals surface area contributed by atoms with Crippen LogP contribution in [0.3, 0.4) is 0 Å². The van der Waals surface area contributed by atoms with Gasteiger partial charge in [0.05, 0.1) is 12.2 Å². The lowest BCUT2D eigenvalue weighted by Gasteiger charge is -2.28. The van der Waals surface area contributed by atoms with E-state index >= 15 is 0 Å². The number of hydrogen-bond donors (Lipinski definition) is 0. The normalized spacial score (nSPS) is 18.7. The largest absolute Gasteiger partial charge is 0.462 e. The van der Waals surface area contributed by atoms with Crippen LogP contribution in [0.4, 0.5) is 0 Å². The number of hydrogen-bond acceptors (Lipinski definition) is 6. The van der Waals surface area contributed by atoms with Gasteiger partial charge in [0.15, 0.2) is 0 Å². The van der Waals surface area contributed by atoms with Gasteiger partial charge in [-0.05, 0) is 73.8 Å². The summed E-state index contributed by atoms with van der Waals surface area (Å²) in [4.78, 5) is 17.5. The van der Waals surface area contributed by atoms with Crippen molar-refractivity contribution >= 4 is 23.3 Å². The maximum atomic E-state index is 12.6. The Kier molecular flexibility index (Phi) is 6.39. The number of carbonyl (C=O) groups excluding carboxylic acids is 1. The smallest absolute Gasteiger partial charge is 0.349 e. The highest BCUT2D eigenvalue weighted by Gasteiger charge is 2.32. The van der Waals surface area contributed by atoms with Crippen LogP contribution in [0.5, 0.6) is 0 Å². The number of benzene rings is 1. The minimum atomic E-state index is -0.596. The number of aromatic nitrogens is 1. The summed E-state index contributed by atoms with van der Waals surface area (Å²) in [6, 6.07) is 14.3. The highest BCUT2D eigenvalue weighted by molar-refractivity contribution is 8.00. The second-order valence-corrected chi connectivity index (χ2v) is 8.88. The van der Waals surface area contributed by atoms with Gasteiger partial charge in [-0.25, -0.2) is 9.78 Å². The monoisotopic (exact) mass is 429 g/mol. The lowest BCUT2D eigenvalue weighted by molar-refractivity contribution is -0.137. The molecular formula is C25H23N3O2S. The molecule has 4 rings (SSSR count). The zero-order valence-corrected chi connectivity index (χ0v) is 18.3. The van der Waals surface area contributed by atoms with Gasteiger partial charge in [0.1, 0.15) is 22.7 Å². The molecule has 1 aromatic heterocycles. The Labute approximate surface area is 186 Å². The molecule has 0 saturated carbocycles. The van der Waals surface area contributed by atoms with Crippen LogP contribution in [-0.4, -0.2) is 22.8 Å². The third-order valence-electron chi connectivity index (χ3n) is 5.81. The SMILES string of the molecule is CCOC(=O)C(C#N)=C1c2ccccc2CCC1Sc1nc2c(cc1C#N)CCCC2. The van der Waals surface area contributed by atoms with Crippen molar-refractivity contribution < 1.29 is 9.53 Å². The van der Waals surface area contributed by atoms with Gasteiger partial charge in [0.25, 0.3) is 0 Å². The second kappa shape index (κ2) is 9.37. The molecule has 5 nitrogen and oxygen atoms in total. The topological polar surface area (TPSA) is 86.8 Å². The number of fused-ring (bicyclic) bond motifs is 2. The van der Waals surface area contributed by atoms with E-state index in [0.29, 0.717) is 16.2 Å². The molecule has 0 saturated heterocycles. The van der Waals surface area contributed by atoms with Crippen LogP contribution in [0.15, 0.2) is 40.9 Å². The van der Waals surface area contributed by atoms with Gasteiger partial charge >= 0.3 is 5.97 Å². The highest BCUT2D eigenvalue weighted by Crippen LogP contribution is 2.43. The molecule has 0 aliphatic heterocycles. The number of rotatable bonds is 4. The summed E-state index contributed by atoms with van der Waals surface area (Å²) in [7, 11) is 0. The quantitative estimate of drug-likeness (QED) is 0.395. The first-order valence-corrected chi connectivity index (χ1v) is 11.5. The lowest BCUT2D eigenvalue weighted by Crippen LogP contribution is -2.21. The Morgan fingerprint density at radius 3 is 2.77 bits per heavy atom. The summed E-state index contributed by atoms with van der Waals surface area (Å²) in [5, 5.41) is 20.1. The number of aryl methyl sites for hydroxylation is 3. The van der Waals surface area contributed by atoms with Gasteiger partial charge < -0.3 is 4.74 Å². The van der Waals surface area contributed by atoms with Gasteiger partial charge in [-0.1, -0.05) is 36.0 Å². The molecule has 1 atom stereocenters. The third kappa shape index (κ3) is 4.22. The van der Waals surface area contributed by atoms with Crippen molar-refractivity contribution in [1.29, 1.82) is 10.5 Å². The zero-order valence-electron chi connectivity index (χ0n) is 17.5. The molecule has 1 aromatic carbocycles. The van der Waals surface area contributed by atoms with E-state index in [0.717, 1.165) is 55.3 Å². The third-order valence-corrected chi connectivity index (χ3v) is 7.10. The van der Waals surface area contributed by atoms with E-state index in [4.69, 9.17) is 9.72 Å². The summed E-state index contributed by atoms with van der Waals surface area (Å²) in [6.45, 7) is 1.94. The van der Waals surface area contributed by atoms with E-state index < -0.39 is 5.97 Å². The Bertz CT molecular complexity index is 1140. The number of nitrogens with zero attached hydrogens (tertiary/aromatic N) is 3. The van der Waals surface area contributed by atoms with E-state index in [1.807, 2.05) is 30.3 Å². The van der Waals surface area contributed by atoms with Crippen LogP contribution >= 0.6 is 11.8 Å². The molecule has 2 aromatic rings. The highest BCUT2D eigenvalue weighted by atomic mass is 32.2. The Morgan fingerprint density at radius 2 is 2.00 bits per heavy atom. The Balaban J connectivity index is 1.80. The maximum Gasteiger partial charge on any atom is 0.349 e. The van der Waals surface area contributed by atoms with Crippen molar-refractivity contribution in [2.75, 3.05) is 6.61 Å². The number of ether oxygens (including phenoxy) is 1. The van der Waals surface area contributed by atoms with Gasteiger partial charge in [0, 0.05) is 10.9 Å². The van der Waals surface area contributed by atoms with Gasteiger partial charge in [-0.15, -0.1) is 0 Å². The number of carbonyl (C=O) groups is 1. The molecule has 1 unspecified atom stereocenters. The van der Waals surface area contributed by atoms with E-state index in [2.05, 4.69) is 12.1 Å². The fraction of sp³-hybridized carbons (Fsp3) is 0.360. The fourth-order valence-corrected chi connectivity index (χ4v) is 5.62. The molecule has 0 bridgehead atoms. The van der Waals surface area contributed by atoms with Crippen LogP contribution in [0.1, 0.15) is 54.1 Å². The van der Waals surface area contributed by atoms with Crippen LogP contribution in [0.25, 0.3) is 5.57 Å². The van der Waals surface area contributed by atoms with E-state index in [1.165, 1.54) is 17.3 Å². The molecule has 0 N–H and O–H groups in total. The van der Waals surface area contributed by atoms with Crippen molar-refractivity contribution in [3.63, 3.8) is 0 Å². The molecule has 0 fully saturated rings. The van der Waals surface area contributed by atoms with Crippen LogP contribution in [0, 0.1) is 22.7 Å². The molecule has 0 radical (unpaired) electrons. The van der Waals surface area contributed by atoms with Gasteiger partial charge in [-0.2, -0.15) is 10.5 Å². The van der Waals surface area contributed by atoms with E-state index in [9.17, 15) is 15.3 Å². The van der Waals surface area contributed by atoms with Crippen molar-refractivity contribution in [2.24, 2.45) is 0 Å². The minimum absolute atomic E-state index is 0.0444. The number of esters is 1. The maximum absolute atomic E-state index is 12.6.